The topological polar surface area (TPSA) is 104 Å². The Kier molecular flexibility index (Phi) is 4.30. The molecule has 0 saturated carbocycles. The summed E-state index contributed by atoms with van der Waals surface area (Å²) in [5.74, 6) is 2.44. The number of nitrogen functional groups attached to an aromatic ring is 1. The molecule has 0 radical (unpaired) electrons. The summed E-state index contributed by atoms with van der Waals surface area (Å²) in [5, 5.41) is 9.64. The van der Waals surface area contributed by atoms with Crippen LogP contribution in [0.1, 0.15) is 12.0 Å². The maximum Gasteiger partial charge on any atom is 0.164 e. The van der Waals surface area contributed by atoms with Crippen molar-refractivity contribution in [3.8, 4) is 45.9 Å². The van der Waals surface area contributed by atoms with Crippen LogP contribution in [-0.4, -0.2) is 25.3 Å². The summed E-state index contributed by atoms with van der Waals surface area (Å²) in [6.07, 6.45) is 2.35. The number of nitrogens with zero attached hydrogens (tertiary/aromatic N) is 2. The molecule has 1 aliphatic heterocycles. The molecular weight excluding hydrogens is 346 g/mol. The van der Waals surface area contributed by atoms with Crippen molar-refractivity contribution >= 4 is 5.82 Å². The number of methoxy groups -OCH3 is 1. The number of aromatic nitrogens is 1. The van der Waals surface area contributed by atoms with Gasteiger partial charge in [-0.2, -0.15) is 5.26 Å². The molecule has 0 aliphatic carbocycles. The second-order valence-corrected chi connectivity index (χ2v) is 5.95. The predicted octanol–water partition coefficient (Wildman–Crippen LogP) is 3.63. The molecule has 0 unspecified atom stereocenters. The molecule has 7 heteroatoms. The smallest absolute Gasteiger partial charge is 0.164 e. The van der Waals surface area contributed by atoms with Crippen molar-refractivity contribution in [1.82, 2.24) is 4.98 Å². The molecule has 0 fully saturated rings. The summed E-state index contributed by atoms with van der Waals surface area (Å²) >= 11 is 0. The van der Waals surface area contributed by atoms with Gasteiger partial charge in [0, 0.05) is 23.6 Å². The highest BCUT2D eigenvalue weighted by atomic mass is 16.5. The Labute approximate surface area is 155 Å². The van der Waals surface area contributed by atoms with Crippen LogP contribution in [0.2, 0.25) is 0 Å². The summed E-state index contributed by atoms with van der Waals surface area (Å²) in [7, 11) is 1.56. The third-order valence-corrected chi connectivity index (χ3v) is 4.29. The van der Waals surface area contributed by atoms with Gasteiger partial charge >= 0.3 is 0 Å². The lowest BCUT2D eigenvalue weighted by molar-refractivity contribution is 0.296. The van der Waals surface area contributed by atoms with E-state index in [2.05, 4.69) is 11.1 Å². The number of ether oxygens (including phenoxy) is 3. The highest BCUT2D eigenvalue weighted by Gasteiger charge is 2.21. The van der Waals surface area contributed by atoms with Crippen LogP contribution in [0.15, 0.2) is 41.0 Å². The van der Waals surface area contributed by atoms with Crippen LogP contribution < -0.4 is 19.9 Å². The van der Waals surface area contributed by atoms with Gasteiger partial charge in [0.05, 0.1) is 26.6 Å². The summed E-state index contributed by atoms with van der Waals surface area (Å²) in [6, 6.07) is 11.0. The van der Waals surface area contributed by atoms with Gasteiger partial charge in [0.2, 0.25) is 0 Å². The number of rotatable bonds is 3. The maximum atomic E-state index is 9.64. The Bertz CT molecular complexity index is 1020. The van der Waals surface area contributed by atoms with E-state index < -0.39 is 0 Å². The maximum absolute atomic E-state index is 9.64. The van der Waals surface area contributed by atoms with Crippen molar-refractivity contribution < 1.29 is 18.6 Å². The van der Waals surface area contributed by atoms with Gasteiger partial charge in [0.15, 0.2) is 17.3 Å². The first-order chi connectivity index (χ1) is 13.2. The summed E-state index contributed by atoms with van der Waals surface area (Å²) in [5.41, 5.74) is 8.10. The molecular formula is C20H17N3O4. The first-order valence-corrected chi connectivity index (χ1v) is 8.43. The third-order valence-electron chi connectivity index (χ3n) is 4.29. The minimum atomic E-state index is 0.121. The zero-order valence-electron chi connectivity index (χ0n) is 14.7. The van der Waals surface area contributed by atoms with E-state index in [0.29, 0.717) is 53.0 Å². The lowest BCUT2D eigenvalue weighted by Crippen LogP contribution is -2.01. The first-order valence-electron chi connectivity index (χ1n) is 8.43. The molecule has 0 saturated heterocycles. The van der Waals surface area contributed by atoms with Crippen molar-refractivity contribution in [1.29, 1.82) is 5.26 Å². The van der Waals surface area contributed by atoms with Crippen LogP contribution in [-0.2, 0) is 0 Å². The van der Waals surface area contributed by atoms with Gasteiger partial charge in [-0.15, -0.1) is 0 Å². The Morgan fingerprint density at radius 1 is 1.15 bits per heavy atom. The van der Waals surface area contributed by atoms with Crippen molar-refractivity contribution in [3.63, 3.8) is 0 Å². The number of anilines is 1. The van der Waals surface area contributed by atoms with Gasteiger partial charge in [0.1, 0.15) is 28.9 Å². The number of hydrogen-bond acceptors (Lipinski definition) is 7. The van der Waals surface area contributed by atoms with Crippen LogP contribution in [0.5, 0.6) is 17.2 Å². The molecule has 0 bridgehead atoms. The quantitative estimate of drug-likeness (QED) is 0.757. The number of fused-ring (bicyclic) bond motifs is 1. The summed E-state index contributed by atoms with van der Waals surface area (Å²) in [4.78, 5) is 4.30. The van der Waals surface area contributed by atoms with Crippen molar-refractivity contribution in [2.24, 2.45) is 0 Å². The van der Waals surface area contributed by atoms with Gasteiger partial charge in [0.25, 0.3) is 0 Å². The van der Waals surface area contributed by atoms with E-state index in [9.17, 15) is 5.26 Å². The van der Waals surface area contributed by atoms with E-state index >= 15 is 0 Å². The molecule has 3 heterocycles. The van der Waals surface area contributed by atoms with Gasteiger partial charge in [-0.3, -0.25) is 0 Å². The zero-order valence-corrected chi connectivity index (χ0v) is 14.7. The molecule has 1 aliphatic rings. The number of benzene rings is 1. The highest BCUT2D eigenvalue weighted by Crippen LogP contribution is 2.43. The minimum absolute atomic E-state index is 0.121. The second kappa shape index (κ2) is 6.92. The van der Waals surface area contributed by atoms with Crippen molar-refractivity contribution in [2.45, 2.75) is 6.42 Å². The van der Waals surface area contributed by atoms with Gasteiger partial charge < -0.3 is 24.4 Å². The van der Waals surface area contributed by atoms with E-state index in [4.69, 9.17) is 24.4 Å². The van der Waals surface area contributed by atoms with Crippen LogP contribution in [0, 0.1) is 11.3 Å². The number of pyridine rings is 1. The highest BCUT2D eigenvalue weighted by molar-refractivity contribution is 5.84. The molecule has 2 N–H and O–H groups in total. The Balaban J connectivity index is 1.95. The summed E-state index contributed by atoms with van der Waals surface area (Å²) < 4.78 is 22.5. The molecule has 0 amide bonds. The molecule has 0 spiro atoms. The molecule has 27 heavy (non-hydrogen) atoms. The van der Waals surface area contributed by atoms with Gasteiger partial charge in [-0.1, -0.05) is 0 Å². The molecule has 0 atom stereocenters. The zero-order chi connectivity index (χ0) is 18.8. The standard InChI is InChI=1S/C20H17N3O4/c1-24-17-10-19-18(26-6-3-7-27-19)9-13(17)12-8-15(16-4-2-5-25-16)23-20(22)14(12)11-21/h2,4-5,8-10H,3,6-7H2,1H3,(H2,22,23). The van der Waals surface area contributed by atoms with Crippen molar-refractivity contribution in [3.05, 3.63) is 42.2 Å². The average molecular weight is 363 g/mol. The normalized spacial score (nSPS) is 12.9. The number of furan rings is 1. The number of nitrogens with two attached hydrogens (primary N) is 1. The van der Waals surface area contributed by atoms with Crippen molar-refractivity contribution in [2.75, 3.05) is 26.1 Å². The monoisotopic (exact) mass is 363 g/mol. The fourth-order valence-corrected chi connectivity index (χ4v) is 3.01. The molecule has 4 rings (SSSR count). The van der Waals surface area contributed by atoms with Crippen LogP contribution >= 0.6 is 0 Å². The Morgan fingerprint density at radius 3 is 2.59 bits per heavy atom. The molecule has 7 nitrogen and oxygen atoms in total. The summed E-state index contributed by atoms with van der Waals surface area (Å²) in [6.45, 7) is 1.13. The Hall–Kier alpha value is -3.66. The molecule has 136 valence electrons. The minimum Gasteiger partial charge on any atom is -0.496 e. The van der Waals surface area contributed by atoms with Crippen LogP contribution in [0.25, 0.3) is 22.6 Å². The Morgan fingerprint density at radius 2 is 1.93 bits per heavy atom. The lowest BCUT2D eigenvalue weighted by atomic mass is 9.98. The van der Waals surface area contributed by atoms with Gasteiger partial charge in [-0.05, 0) is 24.3 Å². The van der Waals surface area contributed by atoms with E-state index in [-0.39, 0.29) is 11.4 Å². The fourth-order valence-electron chi connectivity index (χ4n) is 3.01. The molecule has 1 aromatic carbocycles. The van der Waals surface area contributed by atoms with E-state index in [1.165, 1.54) is 0 Å². The molecule has 3 aromatic rings. The largest absolute Gasteiger partial charge is 0.496 e. The second-order valence-electron chi connectivity index (χ2n) is 5.95. The average Bonchev–Trinajstić information content (AvgIpc) is 3.12. The van der Waals surface area contributed by atoms with Crippen LogP contribution in [0.3, 0.4) is 0 Å². The first kappa shape index (κ1) is 16.8. The SMILES string of the molecule is COc1cc2c(cc1-c1cc(-c3ccco3)nc(N)c1C#N)OCCCO2. The number of nitriles is 1. The van der Waals surface area contributed by atoms with E-state index in [0.717, 1.165) is 6.42 Å². The van der Waals surface area contributed by atoms with E-state index in [1.54, 1.807) is 43.7 Å². The van der Waals surface area contributed by atoms with Crippen LogP contribution in [0.4, 0.5) is 5.82 Å². The lowest BCUT2D eigenvalue weighted by Gasteiger charge is -2.16. The van der Waals surface area contributed by atoms with Gasteiger partial charge in [-0.25, -0.2) is 4.98 Å². The van der Waals surface area contributed by atoms with E-state index in [1.807, 2.05) is 0 Å². The predicted molar refractivity (Wildman–Crippen MR) is 98.7 cm³/mol. The number of hydrogen-bond donors (Lipinski definition) is 1. The molecule has 2 aromatic heterocycles. The fraction of sp³-hybridized carbons (Fsp3) is 0.200. The third kappa shape index (κ3) is 3.02.